The lowest BCUT2D eigenvalue weighted by Crippen LogP contribution is -2.11. The highest BCUT2D eigenvalue weighted by Crippen LogP contribution is 2.34. The van der Waals surface area contributed by atoms with Crippen molar-refractivity contribution in [2.24, 2.45) is 5.90 Å². The van der Waals surface area contributed by atoms with Crippen LogP contribution >= 0.6 is 0 Å². The number of alkyl halides is 3. The molecule has 2 N–H and O–H groups in total. The van der Waals surface area contributed by atoms with Crippen LogP contribution in [0.1, 0.15) is 5.56 Å². The van der Waals surface area contributed by atoms with Crippen LogP contribution < -0.4 is 10.7 Å². The number of rotatable bonds is 1. The fourth-order valence-corrected chi connectivity index (χ4v) is 0.821. The topological polar surface area (TPSA) is 35.2 Å². The Hall–Kier alpha value is -1.30. The van der Waals surface area contributed by atoms with Crippen LogP contribution in [0.15, 0.2) is 18.2 Å². The molecular formula is C7H5F4NO. The zero-order chi connectivity index (χ0) is 10.1. The number of hydrogen-bond donors (Lipinski definition) is 1. The van der Waals surface area contributed by atoms with E-state index in [0.29, 0.717) is 6.07 Å². The van der Waals surface area contributed by atoms with Crippen LogP contribution in [0.5, 0.6) is 5.75 Å². The summed E-state index contributed by atoms with van der Waals surface area (Å²) in [6.07, 6.45) is -4.74. The maximum Gasteiger partial charge on any atom is 0.419 e. The average molecular weight is 195 g/mol. The van der Waals surface area contributed by atoms with E-state index in [0.717, 1.165) is 12.1 Å². The maximum absolute atomic E-state index is 12.8. The van der Waals surface area contributed by atoms with Gasteiger partial charge < -0.3 is 4.84 Å². The van der Waals surface area contributed by atoms with Gasteiger partial charge in [-0.1, -0.05) is 6.07 Å². The Morgan fingerprint density at radius 3 is 2.31 bits per heavy atom. The maximum atomic E-state index is 12.8. The highest BCUT2D eigenvalue weighted by molar-refractivity contribution is 5.32. The smallest absolute Gasteiger partial charge is 0.408 e. The van der Waals surface area contributed by atoms with Crippen LogP contribution in [0.3, 0.4) is 0 Å². The van der Waals surface area contributed by atoms with Crippen LogP contribution in [0.4, 0.5) is 17.6 Å². The van der Waals surface area contributed by atoms with E-state index in [1.807, 2.05) is 0 Å². The van der Waals surface area contributed by atoms with Gasteiger partial charge in [0, 0.05) is 0 Å². The molecule has 72 valence electrons. The molecule has 0 bridgehead atoms. The Bertz CT molecular complexity index is 310. The van der Waals surface area contributed by atoms with Gasteiger partial charge in [-0.2, -0.15) is 19.1 Å². The molecule has 6 heteroatoms. The molecule has 2 nitrogen and oxygen atoms in total. The van der Waals surface area contributed by atoms with Crippen molar-refractivity contribution in [3.63, 3.8) is 0 Å². The van der Waals surface area contributed by atoms with Gasteiger partial charge in [-0.25, -0.2) is 4.39 Å². The average Bonchev–Trinajstić information content (AvgIpc) is 2.02. The van der Waals surface area contributed by atoms with Gasteiger partial charge in [0.05, 0.1) is 5.56 Å². The van der Waals surface area contributed by atoms with Crippen molar-refractivity contribution in [3.05, 3.63) is 29.6 Å². The van der Waals surface area contributed by atoms with Gasteiger partial charge >= 0.3 is 6.18 Å². The van der Waals surface area contributed by atoms with Crippen LogP contribution in [-0.4, -0.2) is 0 Å². The SMILES string of the molecule is NOc1cccc(C(F)(F)F)c1F. The Kier molecular flexibility index (Phi) is 2.42. The first-order valence-corrected chi connectivity index (χ1v) is 3.19. The largest absolute Gasteiger partial charge is 0.419 e. The van der Waals surface area contributed by atoms with Gasteiger partial charge in [-0.15, -0.1) is 0 Å². The first-order valence-electron chi connectivity index (χ1n) is 3.19. The minimum atomic E-state index is -4.74. The number of nitrogens with two attached hydrogens (primary N) is 1. The molecular weight excluding hydrogens is 190 g/mol. The molecule has 0 aliphatic rings. The van der Waals surface area contributed by atoms with Crippen molar-refractivity contribution >= 4 is 0 Å². The Labute approximate surface area is 70.9 Å². The summed E-state index contributed by atoms with van der Waals surface area (Å²) in [6, 6.07) is 2.62. The second-order valence-electron chi connectivity index (χ2n) is 2.23. The minimum absolute atomic E-state index is 0.609. The van der Waals surface area contributed by atoms with E-state index >= 15 is 0 Å². The third-order valence-electron chi connectivity index (χ3n) is 1.40. The molecule has 0 aliphatic heterocycles. The Morgan fingerprint density at radius 1 is 1.23 bits per heavy atom. The van der Waals surface area contributed by atoms with E-state index in [1.54, 1.807) is 0 Å². The van der Waals surface area contributed by atoms with Gasteiger partial charge in [-0.3, -0.25) is 0 Å². The molecule has 0 spiro atoms. The first kappa shape index (κ1) is 9.79. The molecule has 1 aromatic carbocycles. The molecule has 0 fully saturated rings. The Balaban J connectivity index is 3.24. The predicted octanol–water partition coefficient (Wildman–Crippen LogP) is 2.10. The molecule has 0 saturated carbocycles. The van der Waals surface area contributed by atoms with Crippen LogP contribution in [-0.2, 0) is 6.18 Å². The van der Waals surface area contributed by atoms with E-state index in [2.05, 4.69) is 10.7 Å². The van der Waals surface area contributed by atoms with E-state index in [1.165, 1.54) is 0 Å². The minimum Gasteiger partial charge on any atom is -0.408 e. The van der Waals surface area contributed by atoms with Crippen molar-refractivity contribution in [1.29, 1.82) is 0 Å². The molecule has 0 heterocycles. The molecule has 0 amide bonds. The van der Waals surface area contributed by atoms with E-state index < -0.39 is 23.3 Å². The van der Waals surface area contributed by atoms with E-state index in [9.17, 15) is 17.6 Å². The third-order valence-corrected chi connectivity index (χ3v) is 1.40. The van der Waals surface area contributed by atoms with Crippen molar-refractivity contribution < 1.29 is 22.4 Å². The van der Waals surface area contributed by atoms with E-state index in [4.69, 9.17) is 0 Å². The summed E-state index contributed by atoms with van der Waals surface area (Å²) in [6.45, 7) is 0. The lowest BCUT2D eigenvalue weighted by atomic mass is 10.2. The van der Waals surface area contributed by atoms with Gasteiger partial charge in [-0.05, 0) is 12.1 Å². The zero-order valence-corrected chi connectivity index (χ0v) is 6.23. The lowest BCUT2D eigenvalue weighted by Gasteiger charge is -2.09. The second kappa shape index (κ2) is 3.21. The predicted molar refractivity (Wildman–Crippen MR) is 36.2 cm³/mol. The molecule has 0 atom stereocenters. The third kappa shape index (κ3) is 1.89. The summed E-state index contributed by atoms with van der Waals surface area (Å²) in [5.41, 5.74) is -1.39. The molecule has 0 aromatic heterocycles. The first-order chi connectivity index (χ1) is 5.96. The standard InChI is InChI=1S/C7H5F4NO/c8-6-4(7(9,10)11)2-1-3-5(6)13-12/h1-3H,12H2. The molecule has 1 aromatic rings. The van der Waals surface area contributed by atoms with Gasteiger partial charge in [0.1, 0.15) is 0 Å². The second-order valence-corrected chi connectivity index (χ2v) is 2.23. The van der Waals surface area contributed by atoms with Crippen molar-refractivity contribution in [3.8, 4) is 5.75 Å². The summed E-state index contributed by atoms with van der Waals surface area (Å²) < 4.78 is 48.9. The van der Waals surface area contributed by atoms with Crippen molar-refractivity contribution in [2.75, 3.05) is 0 Å². The quantitative estimate of drug-likeness (QED) is 0.550. The number of hydrogen-bond acceptors (Lipinski definition) is 2. The fourth-order valence-electron chi connectivity index (χ4n) is 0.821. The molecule has 13 heavy (non-hydrogen) atoms. The molecule has 0 saturated heterocycles. The summed E-state index contributed by atoms with van der Waals surface area (Å²) in [4.78, 5) is 3.91. The van der Waals surface area contributed by atoms with Gasteiger partial charge in [0.15, 0.2) is 11.6 Å². The monoisotopic (exact) mass is 195 g/mol. The molecule has 0 aliphatic carbocycles. The molecule has 0 unspecified atom stereocenters. The normalized spacial score (nSPS) is 11.5. The van der Waals surface area contributed by atoms with Crippen molar-refractivity contribution in [1.82, 2.24) is 0 Å². The fraction of sp³-hybridized carbons (Fsp3) is 0.143. The van der Waals surface area contributed by atoms with Gasteiger partial charge in [0.2, 0.25) is 0 Å². The molecule has 1 rings (SSSR count). The van der Waals surface area contributed by atoms with Crippen LogP contribution in [0, 0.1) is 5.82 Å². The number of benzene rings is 1. The van der Waals surface area contributed by atoms with Crippen LogP contribution in [0.25, 0.3) is 0 Å². The summed E-state index contributed by atoms with van der Waals surface area (Å²) >= 11 is 0. The Morgan fingerprint density at radius 2 is 1.85 bits per heavy atom. The zero-order valence-electron chi connectivity index (χ0n) is 6.23. The summed E-state index contributed by atoms with van der Waals surface area (Å²) in [5.74, 6) is 2.42. The van der Waals surface area contributed by atoms with E-state index in [-0.39, 0.29) is 0 Å². The highest BCUT2D eigenvalue weighted by Gasteiger charge is 2.35. The van der Waals surface area contributed by atoms with Crippen molar-refractivity contribution in [2.45, 2.75) is 6.18 Å². The lowest BCUT2D eigenvalue weighted by molar-refractivity contribution is -0.140. The van der Waals surface area contributed by atoms with Crippen LogP contribution in [0.2, 0.25) is 0 Å². The summed E-state index contributed by atoms with van der Waals surface area (Å²) in [5, 5.41) is 0. The summed E-state index contributed by atoms with van der Waals surface area (Å²) in [7, 11) is 0. The van der Waals surface area contributed by atoms with Gasteiger partial charge in [0.25, 0.3) is 0 Å². The number of halogens is 4. The molecule has 0 radical (unpaired) electrons. The highest BCUT2D eigenvalue weighted by atomic mass is 19.4.